The van der Waals surface area contributed by atoms with Crippen LogP contribution >= 0.6 is 11.8 Å². The van der Waals surface area contributed by atoms with E-state index in [-0.39, 0.29) is 29.2 Å². The van der Waals surface area contributed by atoms with Gasteiger partial charge in [0.15, 0.2) is 18.1 Å². The summed E-state index contributed by atoms with van der Waals surface area (Å²) in [4.78, 5) is 24.3. The van der Waals surface area contributed by atoms with Crippen molar-refractivity contribution in [2.45, 2.75) is 63.5 Å². The van der Waals surface area contributed by atoms with Crippen molar-refractivity contribution >= 4 is 28.5 Å². The van der Waals surface area contributed by atoms with Crippen molar-refractivity contribution in [1.29, 1.82) is 0 Å². The molecule has 2 aliphatic heterocycles. The molecule has 0 spiro atoms. The Kier molecular flexibility index (Phi) is 7.47. The molecule has 0 fully saturated rings. The maximum Gasteiger partial charge on any atom is 0.262 e. The fraction of sp³-hybridized carbons (Fsp3) is 0.545. The molecule has 158 valence electrons. The van der Waals surface area contributed by atoms with Crippen LogP contribution in [0.5, 0.6) is 11.5 Å². The van der Waals surface area contributed by atoms with Gasteiger partial charge in [0, 0.05) is 17.8 Å². The monoisotopic (exact) mass is 419 g/mol. The number of carbonyl (C=O) groups excluding carboxylic acids is 2. The lowest BCUT2D eigenvalue weighted by atomic mass is 9.99. The van der Waals surface area contributed by atoms with E-state index in [1.807, 2.05) is 6.92 Å². The Bertz CT molecular complexity index is 778. The molecule has 1 aromatic rings. The molecule has 6 nitrogen and oxygen atoms in total. The lowest BCUT2D eigenvalue weighted by Crippen LogP contribution is -2.26. The molecule has 2 heterocycles. The first-order chi connectivity index (χ1) is 14.0. The number of amides is 1. The van der Waals surface area contributed by atoms with E-state index in [0.717, 1.165) is 19.3 Å². The number of anilines is 1. The standard InChI is InChI=1S/C22H29NO5S/c1-3-4-5-6-7-8-11-22(2)19(13-21(25)29-22)26-14-20(24)23-16-9-10-17-18(12-16)28-15-27-17/h9-10,12-13H,3-8,11,14-15H2,1-2H3,(H,23,24). The molecule has 0 saturated heterocycles. The summed E-state index contributed by atoms with van der Waals surface area (Å²) in [5.74, 6) is 1.59. The van der Waals surface area contributed by atoms with Crippen LogP contribution in [0.3, 0.4) is 0 Å². The average molecular weight is 420 g/mol. The van der Waals surface area contributed by atoms with Gasteiger partial charge in [0.05, 0.1) is 4.75 Å². The molecule has 0 saturated carbocycles. The van der Waals surface area contributed by atoms with E-state index < -0.39 is 0 Å². The Hall–Kier alpha value is -2.15. The summed E-state index contributed by atoms with van der Waals surface area (Å²) in [6, 6.07) is 5.23. The van der Waals surface area contributed by atoms with Crippen LogP contribution in [0.2, 0.25) is 0 Å². The highest BCUT2D eigenvalue weighted by atomic mass is 32.2. The van der Waals surface area contributed by atoms with E-state index in [1.54, 1.807) is 18.2 Å². The number of hydrogen-bond acceptors (Lipinski definition) is 6. The van der Waals surface area contributed by atoms with Crippen molar-refractivity contribution in [2.24, 2.45) is 0 Å². The largest absolute Gasteiger partial charge is 0.486 e. The first-order valence-electron chi connectivity index (χ1n) is 10.3. The molecule has 0 aliphatic carbocycles. The van der Waals surface area contributed by atoms with Crippen LogP contribution in [0.1, 0.15) is 58.8 Å². The number of carbonyl (C=O) groups is 2. The van der Waals surface area contributed by atoms with Crippen molar-refractivity contribution in [3.63, 3.8) is 0 Å². The van der Waals surface area contributed by atoms with Crippen LogP contribution in [0.25, 0.3) is 0 Å². The lowest BCUT2D eigenvalue weighted by molar-refractivity contribution is -0.119. The molecule has 1 unspecified atom stereocenters. The Labute approximate surface area is 176 Å². The minimum atomic E-state index is -0.388. The summed E-state index contributed by atoms with van der Waals surface area (Å²) in [7, 11) is 0. The van der Waals surface area contributed by atoms with E-state index >= 15 is 0 Å². The summed E-state index contributed by atoms with van der Waals surface area (Å²) in [5.41, 5.74) is 0.614. The molecule has 0 bridgehead atoms. The molecular weight excluding hydrogens is 390 g/mol. The summed E-state index contributed by atoms with van der Waals surface area (Å²) < 4.78 is 16.0. The molecule has 1 amide bonds. The van der Waals surface area contributed by atoms with Gasteiger partial charge in [0.2, 0.25) is 11.9 Å². The van der Waals surface area contributed by atoms with Gasteiger partial charge in [-0.1, -0.05) is 57.2 Å². The van der Waals surface area contributed by atoms with Crippen LogP contribution in [0.15, 0.2) is 30.0 Å². The zero-order chi connectivity index (χ0) is 20.7. The number of hydrogen-bond donors (Lipinski definition) is 1. The van der Waals surface area contributed by atoms with Crippen LogP contribution in [-0.2, 0) is 14.3 Å². The Morgan fingerprint density at radius 2 is 1.93 bits per heavy atom. The lowest BCUT2D eigenvalue weighted by Gasteiger charge is -2.26. The number of rotatable bonds is 11. The predicted molar refractivity (Wildman–Crippen MR) is 114 cm³/mol. The van der Waals surface area contributed by atoms with E-state index in [1.165, 1.54) is 43.5 Å². The number of unbranched alkanes of at least 4 members (excludes halogenated alkanes) is 5. The van der Waals surface area contributed by atoms with E-state index in [9.17, 15) is 9.59 Å². The molecule has 29 heavy (non-hydrogen) atoms. The second-order valence-electron chi connectivity index (χ2n) is 7.58. The van der Waals surface area contributed by atoms with Gasteiger partial charge in [0.25, 0.3) is 5.91 Å². The quantitative estimate of drug-likeness (QED) is 0.507. The fourth-order valence-electron chi connectivity index (χ4n) is 3.49. The summed E-state index contributed by atoms with van der Waals surface area (Å²) in [6.07, 6.45) is 9.58. The van der Waals surface area contributed by atoms with E-state index in [2.05, 4.69) is 12.2 Å². The smallest absolute Gasteiger partial charge is 0.262 e. The van der Waals surface area contributed by atoms with Gasteiger partial charge in [-0.05, 0) is 25.5 Å². The van der Waals surface area contributed by atoms with Crippen molar-refractivity contribution < 1.29 is 23.8 Å². The number of benzene rings is 1. The molecule has 3 rings (SSSR count). The molecule has 1 aromatic carbocycles. The van der Waals surface area contributed by atoms with Crippen molar-refractivity contribution in [1.82, 2.24) is 0 Å². The SMILES string of the molecule is CCCCCCCCC1(C)SC(=O)C=C1OCC(=O)Nc1ccc2c(c1)OCO2. The van der Waals surface area contributed by atoms with Crippen LogP contribution in [-0.4, -0.2) is 29.2 Å². The number of thioether (sulfide) groups is 1. The number of nitrogens with one attached hydrogen (secondary N) is 1. The van der Waals surface area contributed by atoms with Crippen LogP contribution in [0.4, 0.5) is 5.69 Å². The maximum absolute atomic E-state index is 12.3. The van der Waals surface area contributed by atoms with E-state index in [4.69, 9.17) is 14.2 Å². The van der Waals surface area contributed by atoms with Gasteiger partial charge < -0.3 is 19.5 Å². The molecule has 2 aliphatic rings. The highest BCUT2D eigenvalue weighted by Crippen LogP contribution is 2.44. The zero-order valence-corrected chi connectivity index (χ0v) is 17.9. The number of ether oxygens (including phenoxy) is 3. The van der Waals surface area contributed by atoms with Gasteiger partial charge in [-0.2, -0.15) is 0 Å². The highest BCUT2D eigenvalue weighted by molar-refractivity contribution is 8.15. The third-order valence-corrected chi connectivity index (χ3v) is 6.29. The average Bonchev–Trinajstić information content (AvgIpc) is 3.26. The van der Waals surface area contributed by atoms with Gasteiger partial charge >= 0.3 is 0 Å². The Morgan fingerprint density at radius 1 is 1.17 bits per heavy atom. The van der Waals surface area contributed by atoms with Crippen molar-refractivity contribution in [2.75, 3.05) is 18.7 Å². The predicted octanol–water partition coefficient (Wildman–Crippen LogP) is 5.04. The summed E-state index contributed by atoms with van der Waals surface area (Å²) in [6.45, 7) is 4.28. The molecule has 0 radical (unpaired) electrons. The molecule has 7 heteroatoms. The van der Waals surface area contributed by atoms with Gasteiger partial charge in [-0.25, -0.2) is 0 Å². The van der Waals surface area contributed by atoms with Crippen molar-refractivity contribution in [3.8, 4) is 11.5 Å². The molecular formula is C22H29NO5S. The van der Waals surface area contributed by atoms with Crippen LogP contribution in [0, 0.1) is 0 Å². The molecule has 1 N–H and O–H groups in total. The number of fused-ring (bicyclic) bond motifs is 1. The first-order valence-corrected chi connectivity index (χ1v) is 11.1. The first kappa shape index (κ1) is 21.6. The summed E-state index contributed by atoms with van der Waals surface area (Å²) >= 11 is 1.29. The minimum Gasteiger partial charge on any atom is -0.486 e. The topological polar surface area (TPSA) is 73.9 Å². The third kappa shape index (κ3) is 5.92. The Balaban J connectivity index is 1.46. The van der Waals surface area contributed by atoms with Crippen molar-refractivity contribution in [3.05, 3.63) is 30.0 Å². The van der Waals surface area contributed by atoms with Gasteiger partial charge in [-0.3, -0.25) is 9.59 Å². The van der Waals surface area contributed by atoms with Crippen LogP contribution < -0.4 is 14.8 Å². The normalized spacial score (nSPS) is 19.9. The minimum absolute atomic E-state index is 0.00957. The van der Waals surface area contributed by atoms with Gasteiger partial charge in [0.1, 0.15) is 5.76 Å². The second-order valence-corrected chi connectivity index (χ2v) is 9.09. The second kappa shape index (κ2) is 10.1. The molecule has 0 aromatic heterocycles. The third-order valence-electron chi connectivity index (χ3n) is 5.12. The zero-order valence-electron chi connectivity index (χ0n) is 17.1. The maximum atomic E-state index is 12.3. The molecule has 1 atom stereocenters. The highest BCUT2D eigenvalue weighted by Gasteiger charge is 2.39. The fourth-order valence-corrected chi connectivity index (χ4v) is 4.56. The Morgan fingerprint density at radius 3 is 2.76 bits per heavy atom. The summed E-state index contributed by atoms with van der Waals surface area (Å²) in [5, 5.41) is 2.78. The van der Waals surface area contributed by atoms with E-state index in [0.29, 0.717) is 22.9 Å². The van der Waals surface area contributed by atoms with Gasteiger partial charge in [-0.15, -0.1) is 0 Å².